The summed E-state index contributed by atoms with van der Waals surface area (Å²) in [5, 5.41) is 33.7. The van der Waals surface area contributed by atoms with E-state index in [2.05, 4.69) is 5.32 Å². The molecule has 0 fully saturated rings. The highest BCUT2D eigenvalue weighted by atomic mass is 127. The summed E-state index contributed by atoms with van der Waals surface area (Å²) in [5.41, 5.74) is 1.54. The maximum atomic E-state index is 13.2. The van der Waals surface area contributed by atoms with Gasteiger partial charge in [0, 0.05) is 41.5 Å². The summed E-state index contributed by atoms with van der Waals surface area (Å²) >= 11 is 14.5. The molecule has 0 unspecified atom stereocenters. The summed E-state index contributed by atoms with van der Waals surface area (Å²) in [6, 6.07) is 7.46. The van der Waals surface area contributed by atoms with Gasteiger partial charge < -0.3 is 35.0 Å². The molecule has 2 aromatic rings. The lowest BCUT2D eigenvalue weighted by molar-refractivity contribution is -0.139. The Morgan fingerprint density at radius 2 is 1.95 bits per heavy atom. The van der Waals surface area contributed by atoms with Gasteiger partial charge in [-0.15, -0.1) is 0 Å². The van der Waals surface area contributed by atoms with Crippen LogP contribution in [-0.4, -0.2) is 70.5 Å². The summed E-state index contributed by atoms with van der Waals surface area (Å²) in [5.74, 6) is -0.0320. The molecule has 0 bridgehead atoms. The van der Waals surface area contributed by atoms with Gasteiger partial charge in [-0.1, -0.05) is 36.2 Å². The van der Waals surface area contributed by atoms with E-state index in [-0.39, 0.29) is 45.1 Å². The Labute approximate surface area is 250 Å². The van der Waals surface area contributed by atoms with Crippen LogP contribution in [0.15, 0.2) is 42.0 Å². The third kappa shape index (κ3) is 7.77. The molecular formula is C27H31Cl2IN2O7. The monoisotopic (exact) mass is 692 g/mol. The van der Waals surface area contributed by atoms with Crippen molar-refractivity contribution in [3.63, 3.8) is 0 Å². The van der Waals surface area contributed by atoms with Crippen LogP contribution in [0.25, 0.3) is 0 Å². The first-order valence-electron chi connectivity index (χ1n) is 12.3. The molecule has 4 N–H and O–H groups in total. The Morgan fingerprint density at radius 1 is 1.21 bits per heavy atom. The van der Waals surface area contributed by atoms with Crippen LogP contribution < -0.4 is 14.8 Å². The predicted octanol–water partition coefficient (Wildman–Crippen LogP) is 3.45. The zero-order valence-corrected chi connectivity index (χ0v) is 25.2. The Bertz CT molecular complexity index is 1230. The third-order valence-corrected chi connectivity index (χ3v) is 7.71. The fourth-order valence-electron chi connectivity index (χ4n) is 4.32. The van der Waals surface area contributed by atoms with Crippen LogP contribution in [0.2, 0.25) is 10.0 Å². The molecule has 0 saturated heterocycles. The first kappa shape index (κ1) is 31.4. The van der Waals surface area contributed by atoms with E-state index in [0.29, 0.717) is 41.8 Å². The molecule has 0 heterocycles. The zero-order chi connectivity index (χ0) is 28.7. The lowest BCUT2D eigenvalue weighted by Gasteiger charge is -2.40. The second-order valence-corrected chi connectivity index (χ2v) is 10.9. The van der Waals surface area contributed by atoms with E-state index < -0.39 is 24.2 Å². The molecule has 3 atom stereocenters. The maximum Gasteiger partial charge on any atom is 0.247 e. The molecule has 1 aliphatic carbocycles. The van der Waals surface area contributed by atoms with Gasteiger partial charge in [0.15, 0.2) is 11.5 Å². The van der Waals surface area contributed by atoms with Gasteiger partial charge >= 0.3 is 0 Å². The number of rotatable bonds is 11. The highest BCUT2D eigenvalue weighted by Gasteiger charge is 2.40. The molecule has 212 valence electrons. The molecule has 0 radical (unpaired) electrons. The number of methoxy groups -OCH3 is 1. The number of carbonyl (C=O) groups excluding carboxylic acids is 2. The molecule has 2 amide bonds. The summed E-state index contributed by atoms with van der Waals surface area (Å²) < 4.78 is 12.3. The van der Waals surface area contributed by atoms with Crippen molar-refractivity contribution in [3.8, 4) is 11.5 Å². The van der Waals surface area contributed by atoms with Crippen LogP contribution in [0, 0.1) is 3.57 Å². The van der Waals surface area contributed by atoms with E-state index in [1.165, 1.54) is 18.1 Å². The Balaban J connectivity index is 2.04. The zero-order valence-electron chi connectivity index (χ0n) is 21.5. The fraction of sp³-hybridized carbons (Fsp3) is 0.407. The van der Waals surface area contributed by atoms with E-state index in [9.17, 15) is 24.9 Å². The van der Waals surface area contributed by atoms with Gasteiger partial charge in [-0.05, 0) is 64.1 Å². The minimum Gasteiger partial charge on any atom is -0.493 e. The fourth-order valence-corrected chi connectivity index (χ4v) is 5.58. The van der Waals surface area contributed by atoms with Crippen molar-refractivity contribution >= 4 is 57.6 Å². The number of nitrogens with one attached hydrogen (secondary N) is 1. The lowest BCUT2D eigenvalue weighted by Crippen LogP contribution is -2.54. The standard InChI is InChI=1S/C27H31Cl2IN2O7/c1-3-24(35)32(13-16-4-5-18(28)12-19(16)29)21-10-17(27(37)31-6-7-33)11-22(25(21)36)39-26-20(30)8-15(14-34)9-23(26)38-2/h4-5,8-9,11-12,21-22,25,33-34,36H,3,6-7,10,13-14H2,1-2H3,(H,31,37)/t21-,22+,25+/m1/s1. The number of hydrogen-bond donors (Lipinski definition) is 4. The van der Waals surface area contributed by atoms with Gasteiger partial charge in [0.2, 0.25) is 11.8 Å². The molecule has 3 rings (SSSR count). The average molecular weight is 693 g/mol. The first-order valence-corrected chi connectivity index (χ1v) is 14.1. The average Bonchev–Trinajstić information content (AvgIpc) is 2.92. The maximum absolute atomic E-state index is 13.2. The highest BCUT2D eigenvalue weighted by Crippen LogP contribution is 2.37. The molecule has 2 aromatic carbocycles. The number of ether oxygens (including phenoxy) is 2. The smallest absolute Gasteiger partial charge is 0.247 e. The number of aliphatic hydroxyl groups is 3. The molecule has 0 aromatic heterocycles. The Kier molecular flexibility index (Phi) is 11.7. The Hall–Kier alpha value is -2.09. The van der Waals surface area contributed by atoms with Crippen molar-refractivity contribution in [3.05, 3.63) is 66.7 Å². The number of aliphatic hydroxyl groups excluding tert-OH is 3. The molecule has 0 saturated carbocycles. The van der Waals surface area contributed by atoms with E-state index in [1.807, 2.05) is 22.6 Å². The Morgan fingerprint density at radius 3 is 2.56 bits per heavy atom. The molecule has 1 aliphatic rings. The second-order valence-electron chi connectivity index (χ2n) is 8.89. The van der Waals surface area contributed by atoms with Gasteiger partial charge in [-0.25, -0.2) is 0 Å². The van der Waals surface area contributed by atoms with Crippen molar-refractivity contribution in [2.75, 3.05) is 20.3 Å². The van der Waals surface area contributed by atoms with Crippen molar-refractivity contribution in [1.29, 1.82) is 0 Å². The topological polar surface area (TPSA) is 129 Å². The molecule has 0 spiro atoms. The normalized spacial score (nSPS) is 18.8. The minimum atomic E-state index is -1.22. The van der Waals surface area contributed by atoms with Gasteiger partial charge in [0.1, 0.15) is 12.2 Å². The molecule has 39 heavy (non-hydrogen) atoms. The number of benzene rings is 2. The summed E-state index contributed by atoms with van der Waals surface area (Å²) in [6.45, 7) is 1.39. The summed E-state index contributed by atoms with van der Waals surface area (Å²) in [6.07, 6.45) is -0.530. The molecule has 12 heteroatoms. The van der Waals surface area contributed by atoms with Crippen molar-refractivity contribution in [2.24, 2.45) is 0 Å². The molecule has 9 nitrogen and oxygen atoms in total. The number of carbonyl (C=O) groups is 2. The summed E-state index contributed by atoms with van der Waals surface area (Å²) in [7, 11) is 1.46. The van der Waals surface area contributed by atoms with Crippen LogP contribution >= 0.6 is 45.8 Å². The van der Waals surface area contributed by atoms with Gasteiger partial charge in [0.25, 0.3) is 0 Å². The van der Waals surface area contributed by atoms with Crippen molar-refractivity contribution < 1.29 is 34.4 Å². The first-order chi connectivity index (χ1) is 18.6. The second kappa shape index (κ2) is 14.5. The van der Waals surface area contributed by atoms with E-state index in [4.69, 9.17) is 32.7 Å². The van der Waals surface area contributed by atoms with Crippen molar-refractivity contribution in [2.45, 2.75) is 51.2 Å². The van der Waals surface area contributed by atoms with E-state index in [1.54, 1.807) is 37.3 Å². The number of hydrogen-bond acceptors (Lipinski definition) is 7. The number of amides is 2. The molecule has 0 aliphatic heterocycles. The third-order valence-electron chi connectivity index (χ3n) is 6.32. The summed E-state index contributed by atoms with van der Waals surface area (Å²) in [4.78, 5) is 27.7. The van der Waals surface area contributed by atoms with Crippen LogP contribution in [-0.2, 0) is 22.7 Å². The number of halogens is 3. The predicted molar refractivity (Wildman–Crippen MR) is 156 cm³/mol. The van der Waals surface area contributed by atoms with E-state index in [0.717, 1.165) is 0 Å². The van der Waals surface area contributed by atoms with Gasteiger partial charge in [-0.3, -0.25) is 9.59 Å². The lowest BCUT2D eigenvalue weighted by atomic mass is 9.87. The largest absolute Gasteiger partial charge is 0.493 e. The van der Waals surface area contributed by atoms with E-state index >= 15 is 0 Å². The van der Waals surface area contributed by atoms with Gasteiger partial charge in [-0.2, -0.15) is 0 Å². The highest BCUT2D eigenvalue weighted by molar-refractivity contribution is 14.1. The van der Waals surface area contributed by atoms with Gasteiger partial charge in [0.05, 0.1) is 29.9 Å². The van der Waals surface area contributed by atoms with Crippen molar-refractivity contribution in [1.82, 2.24) is 10.2 Å². The quantitative estimate of drug-likeness (QED) is 0.266. The minimum absolute atomic E-state index is 0.0429. The van der Waals surface area contributed by atoms with Crippen LogP contribution in [0.1, 0.15) is 30.9 Å². The van der Waals surface area contributed by atoms with Crippen LogP contribution in [0.5, 0.6) is 11.5 Å². The van der Waals surface area contributed by atoms with Crippen LogP contribution in [0.4, 0.5) is 0 Å². The SMILES string of the molecule is CCC(=O)N(Cc1ccc(Cl)cc1Cl)[C@@H]1CC(C(=O)NCCO)=C[C@H](Oc2c(I)cc(CO)cc2OC)[C@H]1O. The number of nitrogens with zero attached hydrogens (tertiary/aromatic N) is 1. The molecular weight excluding hydrogens is 662 g/mol. The van der Waals surface area contributed by atoms with Crippen LogP contribution in [0.3, 0.4) is 0 Å².